The van der Waals surface area contributed by atoms with E-state index in [9.17, 15) is 9.90 Å². The third-order valence-corrected chi connectivity index (χ3v) is 5.50. The van der Waals surface area contributed by atoms with Crippen LogP contribution in [0.25, 0.3) is 0 Å². The van der Waals surface area contributed by atoms with Crippen molar-refractivity contribution in [3.63, 3.8) is 0 Å². The van der Waals surface area contributed by atoms with Gasteiger partial charge in [0.1, 0.15) is 0 Å². The number of carbonyl (C=O) groups is 1. The van der Waals surface area contributed by atoms with Gasteiger partial charge in [-0.2, -0.15) is 0 Å². The summed E-state index contributed by atoms with van der Waals surface area (Å²) in [5.41, 5.74) is 0.814. The van der Waals surface area contributed by atoms with Crippen molar-refractivity contribution < 1.29 is 14.6 Å². The Bertz CT molecular complexity index is 698. The summed E-state index contributed by atoms with van der Waals surface area (Å²) < 4.78 is 5.56. The Balaban J connectivity index is 0.00000420. The van der Waals surface area contributed by atoms with Crippen molar-refractivity contribution in [1.82, 2.24) is 4.90 Å². The number of halogens is 1. The summed E-state index contributed by atoms with van der Waals surface area (Å²) in [6.07, 6.45) is 4.62. The number of aliphatic hydroxyl groups is 1. The lowest BCUT2D eigenvalue weighted by Gasteiger charge is -2.27. The van der Waals surface area contributed by atoms with E-state index in [1.165, 1.54) is 19.3 Å². The molecule has 0 bridgehead atoms. The Labute approximate surface area is 182 Å². The number of carbonyl (C=O) groups excluding carboxylic acids is 1. The zero-order valence-corrected chi connectivity index (χ0v) is 19.1. The van der Waals surface area contributed by atoms with Crippen LogP contribution in [-0.4, -0.2) is 41.2 Å². The van der Waals surface area contributed by atoms with Gasteiger partial charge in [0.15, 0.2) is 11.7 Å². The molecule has 5 heteroatoms. The number of ether oxygens (including phenoxy) is 1. The van der Waals surface area contributed by atoms with Crippen molar-refractivity contribution in [2.75, 3.05) is 19.6 Å². The fourth-order valence-electron chi connectivity index (χ4n) is 3.82. The van der Waals surface area contributed by atoms with Crippen molar-refractivity contribution >= 4 is 18.4 Å². The number of esters is 1. The molecule has 1 aliphatic carbocycles. The number of nitrogens with zero attached hydrogens (tertiary/aromatic N) is 1. The molecule has 4 nitrogen and oxygen atoms in total. The lowest BCUT2D eigenvalue weighted by molar-refractivity contribution is -0.162. The van der Waals surface area contributed by atoms with Crippen LogP contribution in [0.4, 0.5) is 0 Å². The minimum absolute atomic E-state index is 0. The molecule has 0 saturated heterocycles. The van der Waals surface area contributed by atoms with E-state index in [2.05, 4.69) is 30.6 Å². The van der Waals surface area contributed by atoms with Gasteiger partial charge >= 0.3 is 5.97 Å². The number of hydrogen-bond donors (Lipinski definition) is 1. The Hall–Kier alpha value is -1.54. The van der Waals surface area contributed by atoms with Gasteiger partial charge in [-0.1, -0.05) is 69.2 Å². The molecule has 0 radical (unpaired) electrons. The van der Waals surface area contributed by atoms with Gasteiger partial charge in [-0.3, -0.25) is 4.90 Å². The molecule has 1 saturated carbocycles. The largest absolute Gasteiger partial charge is 0.444 e. The van der Waals surface area contributed by atoms with Crippen LogP contribution < -0.4 is 0 Å². The summed E-state index contributed by atoms with van der Waals surface area (Å²) >= 11 is 0. The quantitative estimate of drug-likeness (QED) is 0.504. The summed E-state index contributed by atoms with van der Waals surface area (Å²) in [4.78, 5) is 14.8. The summed E-state index contributed by atoms with van der Waals surface area (Å²) in [6.45, 7) is 10.2. The van der Waals surface area contributed by atoms with E-state index in [0.717, 1.165) is 31.5 Å². The molecular weight excluding hydrogens is 386 g/mol. The average Bonchev–Trinajstić information content (AvgIpc) is 2.71. The van der Waals surface area contributed by atoms with Crippen molar-refractivity contribution in [2.24, 2.45) is 0 Å². The molecule has 162 valence electrons. The molecule has 1 fully saturated rings. The first-order valence-corrected chi connectivity index (χ1v) is 10.6. The number of aliphatic hydroxyl groups excluding tert-OH is 1. The molecule has 1 unspecified atom stereocenters. The van der Waals surface area contributed by atoms with Crippen LogP contribution in [0.15, 0.2) is 24.3 Å². The van der Waals surface area contributed by atoms with Crippen molar-refractivity contribution in [3.8, 4) is 11.8 Å². The first-order valence-electron chi connectivity index (χ1n) is 10.6. The van der Waals surface area contributed by atoms with Crippen molar-refractivity contribution in [3.05, 3.63) is 35.4 Å². The van der Waals surface area contributed by atoms with Crippen molar-refractivity contribution in [2.45, 2.75) is 77.4 Å². The van der Waals surface area contributed by atoms with Gasteiger partial charge in [-0.25, -0.2) is 4.79 Å². The molecule has 1 N–H and O–H groups in total. The molecule has 1 aromatic rings. The highest BCUT2D eigenvalue weighted by Gasteiger charge is 2.29. The van der Waals surface area contributed by atoms with Crippen LogP contribution in [0, 0.1) is 11.8 Å². The van der Waals surface area contributed by atoms with Gasteiger partial charge in [0, 0.05) is 0 Å². The zero-order chi connectivity index (χ0) is 20.6. The highest BCUT2D eigenvalue weighted by molar-refractivity contribution is 5.85. The highest BCUT2D eigenvalue weighted by atomic mass is 35.5. The van der Waals surface area contributed by atoms with E-state index < -0.39 is 17.7 Å². The summed E-state index contributed by atoms with van der Waals surface area (Å²) in [5.74, 6) is 5.90. The fraction of sp³-hybridized carbons (Fsp3) is 0.625. The molecule has 1 aliphatic rings. The van der Waals surface area contributed by atoms with Crippen LogP contribution in [0.1, 0.15) is 82.9 Å². The van der Waals surface area contributed by atoms with Gasteiger partial charge in [-0.05, 0) is 56.8 Å². The van der Waals surface area contributed by atoms with Gasteiger partial charge < -0.3 is 9.84 Å². The SMILES string of the molecule is CCN(CC)CC#CC(C)(C)OC(=O)C(O)c1ccccc1C1CCCCC1.Cl. The van der Waals surface area contributed by atoms with Gasteiger partial charge in [0.05, 0.1) is 6.54 Å². The molecule has 1 aromatic carbocycles. The van der Waals surface area contributed by atoms with Crippen LogP contribution in [0.3, 0.4) is 0 Å². The Kier molecular flexibility index (Phi) is 10.7. The van der Waals surface area contributed by atoms with Crippen LogP contribution in [-0.2, 0) is 9.53 Å². The predicted octanol–water partition coefficient (Wildman–Crippen LogP) is 4.86. The zero-order valence-electron chi connectivity index (χ0n) is 18.2. The van der Waals surface area contributed by atoms with Crippen molar-refractivity contribution in [1.29, 1.82) is 0 Å². The number of rotatable bonds is 7. The minimum atomic E-state index is -1.28. The topological polar surface area (TPSA) is 49.8 Å². The van der Waals surface area contributed by atoms with E-state index in [-0.39, 0.29) is 12.4 Å². The Morgan fingerprint density at radius 3 is 2.45 bits per heavy atom. The molecular formula is C24H36ClNO3. The third-order valence-electron chi connectivity index (χ3n) is 5.50. The van der Waals surface area contributed by atoms with Gasteiger partial charge in [0.2, 0.25) is 0 Å². The number of hydrogen-bond acceptors (Lipinski definition) is 4. The molecule has 0 aromatic heterocycles. The van der Waals surface area contributed by atoms with E-state index >= 15 is 0 Å². The van der Waals surface area contributed by atoms with E-state index in [4.69, 9.17) is 4.74 Å². The monoisotopic (exact) mass is 421 g/mol. The molecule has 0 aliphatic heterocycles. The highest BCUT2D eigenvalue weighted by Crippen LogP contribution is 2.36. The van der Waals surface area contributed by atoms with Crippen LogP contribution in [0.2, 0.25) is 0 Å². The summed E-state index contributed by atoms with van der Waals surface area (Å²) in [7, 11) is 0. The van der Waals surface area contributed by atoms with E-state index in [0.29, 0.717) is 18.0 Å². The smallest absolute Gasteiger partial charge is 0.341 e. The summed E-state index contributed by atoms with van der Waals surface area (Å²) in [6, 6.07) is 7.73. The average molecular weight is 422 g/mol. The standard InChI is InChI=1S/C24H35NO3.ClH/c1-5-25(6-2)18-12-17-24(3,4)28-23(27)22(26)21-16-11-10-15-20(21)19-13-8-7-9-14-19;/h10-11,15-16,19,22,26H,5-9,13-14,18H2,1-4H3;1H. The molecule has 29 heavy (non-hydrogen) atoms. The van der Waals surface area contributed by atoms with E-state index in [1.54, 1.807) is 13.8 Å². The maximum absolute atomic E-state index is 12.7. The van der Waals surface area contributed by atoms with Crippen LogP contribution >= 0.6 is 12.4 Å². The lowest BCUT2D eigenvalue weighted by Crippen LogP contribution is -2.30. The molecule has 0 heterocycles. The maximum Gasteiger partial charge on any atom is 0.341 e. The Morgan fingerprint density at radius 2 is 1.83 bits per heavy atom. The van der Waals surface area contributed by atoms with Gasteiger partial charge in [-0.15, -0.1) is 12.4 Å². The first-order chi connectivity index (χ1) is 13.4. The minimum Gasteiger partial charge on any atom is -0.444 e. The molecule has 0 spiro atoms. The number of benzene rings is 1. The lowest BCUT2D eigenvalue weighted by atomic mass is 9.81. The normalized spacial score (nSPS) is 15.8. The molecule has 2 rings (SSSR count). The van der Waals surface area contributed by atoms with E-state index in [1.807, 2.05) is 24.3 Å². The van der Waals surface area contributed by atoms with Crippen LogP contribution in [0.5, 0.6) is 0 Å². The molecule has 0 amide bonds. The molecule has 1 atom stereocenters. The first kappa shape index (κ1) is 25.5. The second kappa shape index (κ2) is 12.2. The van der Waals surface area contributed by atoms with Gasteiger partial charge in [0.25, 0.3) is 0 Å². The maximum atomic E-state index is 12.7. The second-order valence-electron chi connectivity index (χ2n) is 8.06. The third kappa shape index (κ3) is 7.66. The predicted molar refractivity (Wildman–Crippen MR) is 120 cm³/mol. The Morgan fingerprint density at radius 1 is 1.21 bits per heavy atom. The fourth-order valence-corrected chi connectivity index (χ4v) is 3.82. The second-order valence-corrected chi connectivity index (χ2v) is 8.06. The summed E-state index contributed by atoms with van der Waals surface area (Å²) in [5, 5.41) is 10.7.